The van der Waals surface area contributed by atoms with Crippen molar-refractivity contribution < 1.29 is 4.79 Å². The average Bonchev–Trinajstić information content (AvgIpc) is 2.63. The van der Waals surface area contributed by atoms with E-state index in [0.717, 1.165) is 31.9 Å². The molecule has 0 radical (unpaired) electrons. The first-order valence-corrected chi connectivity index (χ1v) is 8.57. The fraction of sp³-hybridized carbons (Fsp3) is 0.350. The lowest BCUT2D eigenvalue weighted by atomic mass is 10.2. The van der Waals surface area contributed by atoms with Crippen LogP contribution in [0.15, 0.2) is 60.7 Å². The molecule has 3 rings (SSSR count). The van der Waals surface area contributed by atoms with Crippen LogP contribution in [0.5, 0.6) is 0 Å². The lowest BCUT2D eigenvalue weighted by molar-refractivity contribution is -0.130. The Kier molecular flexibility index (Phi) is 7.29. The molecular formula is C20H26ClN3O. The van der Waals surface area contributed by atoms with Gasteiger partial charge in [0, 0.05) is 37.9 Å². The summed E-state index contributed by atoms with van der Waals surface area (Å²) in [4.78, 5) is 16.9. The Balaban J connectivity index is 0.00000225. The molecule has 134 valence electrons. The Morgan fingerprint density at radius 3 is 2.40 bits per heavy atom. The number of para-hydroxylation sites is 1. The molecule has 0 saturated carbocycles. The van der Waals surface area contributed by atoms with E-state index < -0.39 is 0 Å². The van der Waals surface area contributed by atoms with Gasteiger partial charge in [-0.2, -0.15) is 0 Å². The summed E-state index contributed by atoms with van der Waals surface area (Å²) in [7, 11) is 0. The van der Waals surface area contributed by atoms with Crippen molar-refractivity contribution in [2.75, 3.05) is 31.1 Å². The molecule has 25 heavy (non-hydrogen) atoms. The summed E-state index contributed by atoms with van der Waals surface area (Å²) in [5, 5.41) is 3.38. The van der Waals surface area contributed by atoms with Crippen molar-refractivity contribution in [2.24, 2.45) is 0 Å². The predicted molar refractivity (Wildman–Crippen MR) is 105 cm³/mol. The molecule has 0 spiro atoms. The van der Waals surface area contributed by atoms with E-state index in [-0.39, 0.29) is 18.3 Å². The van der Waals surface area contributed by atoms with E-state index >= 15 is 0 Å². The van der Waals surface area contributed by atoms with E-state index in [9.17, 15) is 4.79 Å². The summed E-state index contributed by atoms with van der Waals surface area (Å²) < 4.78 is 0. The van der Waals surface area contributed by atoms with E-state index in [2.05, 4.69) is 41.4 Å². The van der Waals surface area contributed by atoms with Crippen molar-refractivity contribution in [3.05, 3.63) is 66.2 Å². The van der Waals surface area contributed by atoms with Crippen molar-refractivity contribution in [3.8, 4) is 0 Å². The fourth-order valence-electron chi connectivity index (χ4n) is 3.10. The second-order valence-electron chi connectivity index (χ2n) is 6.37. The van der Waals surface area contributed by atoms with Gasteiger partial charge in [-0.25, -0.2) is 0 Å². The Morgan fingerprint density at radius 2 is 1.76 bits per heavy atom. The van der Waals surface area contributed by atoms with Gasteiger partial charge in [-0.05, 0) is 24.6 Å². The van der Waals surface area contributed by atoms with Gasteiger partial charge < -0.3 is 15.1 Å². The van der Waals surface area contributed by atoms with Crippen LogP contribution in [-0.2, 0) is 11.3 Å². The third-order valence-corrected chi connectivity index (χ3v) is 4.39. The molecule has 1 amide bonds. The number of carbonyl (C=O) groups is 1. The van der Waals surface area contributed by atoms with Crippen LogP contribution in [0.25, 0.3) is 0 Å². The quantitative estimate of drug-likeness (QED) is 0.891. The molecule has 5 heteroatoms. The van der Waals surface area contributed by atoms with Crippen LogP contribution in [0.3, 0.4) is 0 Å². The van der Waals surface area contributed by atoms with Crippen LogP contribution in [0, 0.1) is 0 Å². The largest absolute Gasteiger partial charge is 0.358 e. The van der Waals surface area contributed by atoms with Gasteiger partial charge in [0.1, 0.15) is 0 Å². The minimum Gasteiger partial charge on any atom is -0.358 e. The highest BCUT2D eigenvalue weighted by Gasteiger charge is 2.22. The topological polar surface area (TPSA) is 35.6 Å². The van der Waals surface area contributed by atoms with Gasteiger partial charge in [0.25, 0.3) is 0 Å². The van der Waals surface area contributed by atoms with Crippen molar-refractivity contribution >= 4 is 24.0 Å². The first-order valence-electron chi connectivity index (χ1n) is 8.57. The van der Waals surface area contributed by atoms with Crippen LogP contribution >= 0.6 is 12.4 Å². The normalized spacial score (nSPS) is 16.8. The molecule has 0 unspecified atom stereocenters. The number of rotatable bonds is 5. The summed E-state index contributed by atoms with van der Waals surface area (Å²) in [6.07, 6.45) is 0. The maximum atomic E-state index is 12.8. The molecule has 1 N–H and O–H groups in total. The summed E-state index contributed by atoms with van der Waals surface area (Å²) in [5.74, 6) is 0.197. The second kappa shape index (κ2) is 9.44. The lowest BCUT2D eigenvalue weighted by Crippen LogP contribution is -2.53. The molecule has 1 atom stereocenters. The molecule has 4 nitrogen and oxygen atoms in total. The Bertz CT molecular complexity index is 651. The molecule has 0 bridgehead atoms. The van der Waals surface area contributed by atoms with Crippen LogP contribution in [0.2, 0.25) is 0 Å². The molecule has 0 aromatic heterocycles. The molecule has 1 heterocycles. The number of halogens is 1. The second-order valence-corrected chi connectivity index (χ2v) is 6.37. The van der Waals surface area contributed by atoms with Crippen LogP contribution in [-0.4, -0.2) is 43.0 Å². The maximum absolute atomic E-state index is 12.8. The number of piperazine rings is 1. The van der Waals surface area contributed by atoms with Gasteiger partial charge in [0.15, 0.2) is 0 Å². The zero-order valence-corrected chi connectivity index (χ0v) is 15.4. The SMILES string of the molecule is C[C@@H]1CN(C(=O)CN(Cc2ccccc2)c2ccccc2)CCN1.Cl. The molecule has 1 fully saturated rings. The van der Waals surface area contributed by atoms with Crippen LogP contribution in [0.4, 0.5) is 5.69 Å². The van der Waals surface area contributed by atoms with E-state index in [1.807, 2.05) is 41.3 Å². The number of amides is 1. The molecular weight excluding hydrogens is 334 g/mol. The average molecular weight is 360 g/mol. The van der Waals surface area contributed by atoms with Gasteiger partial charge in [-0.15, -0.1) is 12.4 Å². The first-order chi connectivity index (χ1) is 11.7. The third-order valence-electron chi connectivity index (χ3n) is 4.39. The van der Waals surface area contributed by atoms with Crippen molar-refractivity contribution in [2.45, 2.75) is 19.5 Å². The van der Waals surface area contributed by atoms with Gasteiger partial charge in [-0.1, -0.05) is 48.5 Å². The third kappa shape index (κ3) is 5.48. The Morgan fingerprint density at radius 1 is 1.12 bits per heavy atom. The number of hydrogen-bond acceptors (Lipinski definition) is 3. The highest BCUT2D eigenvalue weighted by Crippen LogP contribution is 2.17. The van der Waals surface area contributed by atoms with Crippen molar-refractivity contribution in [3.63, 3.8) is 0 Å². The minimum atomic E-state index is 0. The zero-order valence-electron chi connectivity index (χ0n) is 14.6. The van der Waals surface area contributed by atoms with Crippen LogP contribution < -0.4 is 10.2 Å². The number of nitrogens with one attached hydrogen (secondary N) is 1. The Hall–Kier alpha value is -2.04. The summed E-state index contributed by atoms with van der Waals surface area (Å²) in [5.41, 5.74) is 2.29. The monoisotopic (exact) mass is 359 g/mol. The number of anilines is 1. The summed E-state index contributed by atoms with van der Waals surface area (Å²) in [6.45, 7) is 5.71. The predicted octanol–water partition coefficient (Wildman–Crippen LogP) is 2.94. The van der Waals surface area contributed by atoms with Gasteiger partial charge in [0.2, 0.25) is 5.91 Å². The van der Waals surface area contributed by atoms with E-state index in [1.54, 1.807) is 0 Å². The molecule has 2 aromatic carbocycles. The molecule has 2 aromatic rings. The highest BCUT2D eigenvalue weighted by atomic mass is 35.5. The standard InChI is InChI=1S/C20H25N3O.ClH/c1-17-14-22(13-12-21-17)20(24)16-23(19-10-6-3-7-11-19)15-18-8-4-2-5-9-18;/h2-11,17,21H,12-16H2,1H3;1H/t17-;/m1./s1. The number of carbonyl (C=O) groups excluding carboxylic acids is 1. The Labute approximate surface area is 156 Å². The summed E-state index contributed by atoms with van der Waals surface area (Å²) in [6, 6.07) is 20.8. The molecule has 1 aliphatic rings. The minimum absolute atomic E-state index is 0. The van der Waals surface area contributed by atoms with Crippen molar-refractivity contribution in [1.82, 2.24) is 10.2 Å². The fourth-order valence-corrected chi connectivity index (χ4v) is 3.10. The van der Waals surface area contributed by atoms with Gasteiger partial charge >= 0.3 is 0 Å². The van der Waals surface area contributed by atoms with Crippen molar-refractivity contribution in [1.29, 1.82) is 0 Å². The maximum Gasteiger partial charge on any atom is 0.242 e. The van der Waals surface area contributed by atoms with E-state index in [0.29, 0.717) is 12.6 Å². The first kappa shape index (κ1) is 19.3. The highest BCUT2D eigenvalue weighted by molar-refractivity contribution is 5.85. The number of hydrogen-bond donors (Lipinski definition) is 1. The van der Waals surface area contributed by atoms with Crippen LogP contribution in [0.1, 0.15) is 12.5 Å². The summed E-state index contributed by atoms with van der Waals surface area (Å²) >= 11 is 0. The van der Waals surface area contributed by atoms with Gasteiger partial charge in [0.05, 0.1) is 6.54 Å². The van der Waals surface area contributed by atoms with E-state index in [4.69, 9.17) is 0 Å². The molecule has 1 aliphatic heterocycles. The van der Waals surface area contributed by atoms with E-state index in [1.165, 1.54) is 5.56 Å². The van der Waals surface area contributed by atoms with Gasteiger partial charge in [-0.3, -0.25) is 4.79 Å². The molecule has 0 aliphatic carbocycles. The lowest BCUT2D eigenvalue weighted by Gasteiger charge is -2.34. The number of benzene rings is 2. The smallest absolute Gasteiger partial charge is 0.242 e. The molecule has 1 saturated heterocycles. The zero-order chi connectivity index (χ0) is 16.8. The number of nitrogens with zero attached hydrogens (tertiary/aromatic N) is 2.